The summed E-state index contributed by atoms with van der Waals surface area (Å²) in [5, 5.41) is 6.98. The summed E-state index contributed by atoms with van der Waals surface area (Å²) >= 11 is 0. The van der Waals surface area contributed by atoms with Crippen LogP contribution < -0.4 is 5.32 Å². The van der Waals surface area contributed by atoms with Gasteiger partial charge in [-0.25, -0.2) is 4.98 Å². The summed E-state index contributed by atoms with van der Waals surface area (Å²) in [5.74, 6) is 2.15. The Hall–Kier alpha value is -2.78. The number of aromatic amines is 1. The number of fused-ring (bicyclic) bond motifs is 1. The molecule has 0 saturated carbocycles. The summed E-state index contributed by atoms with van der Waals surface area (Å²) in [5.41, 5.74) is 2.42. The van der Waals surface area contributed by atoms with Crippen LogP contribution >= 0.6 is 0 Å². The molecule has 9 heteroatoms. The highest BCUT2D eigenvalue weighted by molar-refractivity contribution is 5.93. The third-order valence-corrected chi connectivity index (χ3v) is 5.23. The molecule has 166 valence electrons. The maximum atomic E-state index is 12.3. The van der Waals surface area contributed by atoms with E-state index in [9.17, 15) is 4.79 Å². The van der Waals surface area contributed by atoms with Crippen molar-refractivity contribution in [2.24, 2.45) is 0 Å². The number of carbonyl (C=O) groups is 1. The van der Waals surface area contributed by atoms with Crippen molar-refractivity contribution in [3.63, 3.8) is 0 Å². The van der Waals surface area contributed by atoms with E-state index in [4.69, 9.17) is 9.26 Å². The van der Waals surface area contributed by atoms with Gasteiger partial charge in [-0.1, -0.05) is 25.9 Å². The van der Waals surface area contributed by atoms with E-state index in [0.717, 1.165) is 55.4 Å². The van der Waals surface area contributed by atoms with Crippen molar-refractivity contribution in [1.82, 2.24) is 25.0 Å². The Morgan fingerprint density at radius 1 is 1.23 bits per heavy atom. The molecule has 0 unspecified atom stereocenters. The Bertz CT molecular complexity index is 1030. The first kappa shape index (κ1) is 21.5. The van der Waals surface area contributed by atoms with E-state index >= 15 is 0 Å². The van der Waals surface area contributed by atoms with Gasteiger partial charge in [-0.3, -0.25) is 9.69 Å². The standard InChI is InChI=1S/C22H30N6O3/c1-22(2,3)21-26-20(31-27-21)6-4-5-19(29)23-15-7-8-16-17(13-15)25-18(24-16)14-28-9-11-30-12-10-28/h7-8,13H,4-6,9-12,14H2,1-3H3,(H,23,29)(H,24,25). The number of nitrogens with zero attached hydrogens (tertiary/aromatic N) is 4. The average molecular weight is 427 g/mol. The van der Waals surface area contributed by atoms with E-state index < -0.39 is 0 Å². The number of imidazole rings is 1. The SMILES string of the molecule is CC(C)(C)c1noc(CCCC(=O)Nc2ccc3nc(CN4CCOCC4)[nH]c3c2)n1. The van der Waals surface area contributed by atoms with Gasteiger partial charge in [0.25, 0.3) is 0 Å². The Morgan fingerprint density at radius 3 is 2.77 bits per heavy atom. The Labute approximate surface area is 181 Å². The molecule has 0 bridgehead atoms. The van der Waals surface area contributed by atoms with E-state index in [1.54, 1.807) is 0 Å². The van der Waals surface area contributed by atoms with Gasteiger partial charge in [0.2, 0.25) is 11.8 Å². The number of anilines is 1. The van der Waals surface area contributed by atoms with Crippen molar-refractivity contribution in [2.45, 2.75) is 52.0 Å². The largest absolute Gasteiger partial charge is 0.379 e. The third-order valence-electron chi connectivity index (χ3n) is 5.23. The van der Waals surface area contributed by atoms with Gasteiger partial charge >= 0.3 is 0 Å². The number of H-pyrrole nitrogens is 1. The number of hydrogen-bond acceptors (Lipinski definition) is 7. The molecular weight excluding hydrogens is 396 g/mol. The molecule has 2 N–H and O–H groups in total. The highest BCUT2D eigenvalue weighted by atomic mass is 16.5. The Balaban J connectivity index is 1.28. The molecule has 3 aromatic rings. The zero-order valence-electron chi connectivity index (χ0n) is 18.4. The van der Waals surface area contributed by atoms with E-state index in [0.29, 0.717) is 31.0 Å². The van der Waals surface area contributed by atoms with Crippen LogP contribution in [0.15, 0.2) is 22.7 Å². The number of ether oxygens (including phenoxy) is 1. The van der Waals surface area contributed by atoms with Crippen LogP contribution in [0.1, 0.15) is 51.2 Å². The molecule has 1 aliphatic rings. The molecule has 0 spiro atoms. The van der Waals surface area contributed by atoms with E-state index in [1.807, 2.05) is 39.0 Å². The van der Waals surface area contributed by atoms with Crippen molar-refractivity contribution in [1.29, 1.82) is 0 Å². The van der Waals surface area contributed by atoms with Crippen molar-refractivity contribution >= 4 is 22.6 Å². The maximum Gasteiger partial charge on any atom is 0.226 e. The predicted molar refractivity (Wildman–Crippen MR) is 117 cm³/mol. The molecule has 0 atom stereocenters. The highest BCUT2D eigenvalue weighted by Gasteiger charge is 2.21. The molecule has 4 rings (SSSR count). The number of aryl methyl sites for hydroxylation is 1. The monoisotopic (exact) mass is 426 g/mol. The zero-order chi connectivity index (χ0) is 21.8. The van der Waals surface area contributed by atoms with Crippen molar-refractivity contribution in [3.8, 4) is 0 Å². The molecule has 1 saturated heterocycles. The van der Waals surface area contributed by atoms with Crippen molar-refractivity contribution < 1.29 is 14.1 Å². The van der Waals surface area contributed by atoms with Crippen molar-refractivity contribution in [3.05, 3.63) is 35.7 Å². The lowest BCUT2D eigenvalue weighted by atomic mass is 9.96. The fourth-order valence-electron chi connectivity index (χ4n) is 3.47. The van der Waals surface area contributed by atoms with Gasteiger partial charge in [-0.15, -0.1) is 0 Å². The Kier molecular flexibility index (Phi) is 6.33. The zero-order valence-corrected chi connectivity index (χ0v) is 18.4. The first-order valence-electron chi connectivity index (χ1n) is 10.8. The summed E-state index contributed by atoms with van der Waals surface area (Å²) in [7, 11) is 0. The molecule has 9 nitrogen and oxygen atoms in total. The molecule has 1 aromatic carbocycles. The van der Waals surface area contributed by atoms with Crippen LogP contribution in [0.5, 0.6) is 0 Å². The molecule has 31 heavy (non-hydrogen) atoms. The smallest absolute Gasteiger partial charge is 0.226 e. The maximum absolute atomic E-state index is 12.3. The summed E-state index contributed by atoms with van der Waals surface area (Å²) < 4.78 is 10.7. The molecule has 3 heterocycles. The predicted octanol–water partition coefficient (Wildman–Crippen LogP) is 3.04. The van der Waals surface area contributed by atoms with E-state index in [2.05, 4.69) is 30.3 Å². The number of amides is 1. The van der Waals surface area contributed by atoms with Gasteiger partial charge in [0.1, 0.15) is 5.82 Å². The van der Waals surface area contributed by atoms with E-state index in [1.165, 1.54) is 0 Å². The molecule has 1 aliphatic heterocycles. The van der Waals surface area contributed by atoms with Crippen LogP contribution in [0.3, 0.4) is 0 Å². The van der Waals surface area contributed by atoms with Crippen LogP contribution in [0.4, 0.5) is 5.69 Å². The van der Waals surface area contributed by atoms with Crippen molar-refractivity contribution in [2.75, 3.05) is 31.6 Å². The number of carbonyl (C=O) groups excluding carboxylic acids is 1. The topological polar surface area (TPSA) is 109 Å². The second-order valence-corrected chi connectivity index (χ2v) is 8.97. The quantitative estimate of drug-likeness (QED) is 0.598. The summed E-state index contributed by atoms with van der Waals surface area (Å²) in [6.07, 6.45) is 1.62. The van der Waals surface area contributed by atoms with Crippen LogP contribution in [0.2, 0.25) is 0 Å². The molecule has 0 aliphatic carbocycles. The normalized spacial score (nSPS) is 15.5. The minimum atomic E-state index is -0.146. The van der Waals surface area contributed by atoms with Crippen LogP contribution in [-0.4, -0.2) is 57.2 Å². The van der Waals surface area contributed by atoms with Crippen LogP contribution in [-0.2, 0) is 27.9 Å². The minimum Gasteiger partial charge on any atom is -0.379 e. The van der Waals surface area contributed by atoms with Crippen LogP contribution in [0.25, 0.3) is 11.0 Å². The fourth-order valence-corrected chi connectivity index (χ4v) is 3.47. The molecule has 1 fully saturated rings. The molecule has 1 amide bonds. The lowest BCUT2D eigenvalue weighted by molar-refractivity contribution is -0.116. The van der Waals surface area contributed by atoms with E-state index in [-0.39, 0.29) is 11.3 Å². The summed E-state index contributed by atoms with van der Waals surface area (Å²) in [4.78, 5) is 27.1. The Morgan fingerprint density at radius 2 is 2.03 bits per heavy atom. The third kappa shape index (κ3) is 5.68. The second kappa shape index (κ2) is 9.15. The van der Waals surface area contributed by atoms with Gasteiger partial charge in [-0.2, -0.15) is 4.98 Å². The van der Waals surface area contributed by atoms with Gasteiger partial charge in [0.15, 0.2) is 5.82 Å². The number of benzene rings is 1. The molecule has 0 radical (unpaired) electrons. The first-order valence-corrected chi connectivity index (χ1v) is 10.8. The number of rotatable bonds is 7. The lowest BCUT2D eigenvalue weighted by Crippen LogP contribution is -2.35. The molecular formula is C22H30N6O3. The average Bonchev–Trinajstić information content (AvgIpc) is 3.35. The minimum absolute atomic E-state index is 0.0389. The van der Waals surface area contributed by atoms with Gasteiger partial charge in [-0.05, 0) is 24.6 Å². The number of morpholine rings is 1. The lowest BCUT2D eigenvalue weighted by Gasteiger charge is -2.25. The van der Waals surface area contributed by atoms with Gasteiger partial charge in [0, 0.05) is 37.0 Å². The second-order valence-electron chi connectivity index (χ2n) is 8.97. The number of nitrogens with one attached hydrogen (secondary N) is 2. The number of aromatic nitrogens is 4. The highest BCUT2D eigenvalue weighted by Crippen LogP contribution is 2.20. The summed E-state index contributed by atoms with van der Waals surface area (Å²) in [6.45, 7) is 10.2. The summed E-state index contributed by atoms with van der Waals surface area (Å²) in [6, 6.07) is 5.74. The van der Waals surface area contributed by atoms with Crippen LogP contribution in [0, 0.1) is 0 Å². The fraction of sp³-hybridized carbons (Fsp3) is 0.545. The number of hydrogen-bond donors (Lipinski definition) is 2. The molecule has 2 aromatic heterocycles. The van der Waals surface area contributed by atoms with Gasteiger partial charge < -0.3 is 19.6 Å². The first-order chi connectivity index (χ1) is 14.9. The van der Waals surface area contributed by atoms with Gasteiger partial charge in [0.05, 0.1) is 30.8 Å².